The summed E-state index contributed by atoms with van der Waals surface area (Å²) in [5.74, 6) is 5.09. The van der Waals surface area contributed by atoms with Gasteiger partial charge in [0.2, 0.25) is 0 Å². The molecule has 8 bridgehead atoms. The number of aromatic nitrogens is 8. The molecular formula is C64H106N8O24S8. The van der Waals surface area contributed by atoms with Crippen LogP contribution in [0.3, 0.4) is 0 Å². The molecule has 5 heterocycles. The maximum atomic E-state index is 9.33. The van der Waals surface area contributed by atoms with Crippen molar-refractivity contribution >= 4 is 136 Å². The van der Waals surface area contributed by atoms with E-state index in [4.69, 9.17) is 106 Å². The molecule has 0 aliphatic carbocycles. The van der Waals surface area contributed by atoms with E-state index in [1.54, 1.807) is 0 Å². The second-order valence-corrected chi connectivity index (χ2v) is 29.5. The summed E-state index contributed by atoms with van der Waals surface area (Å²) in [5, 5.41) is 74.6. The van der Waals surface area contributed by atoms with E-state index < -0.39 is 0 Å². The molecule has 0 spiro atoms. The van der Waals surface area contributed by atoms with E-state index in [1.807, 2.05) is 0 Å². The van der Waals surface area contributed by atoms with Gasteiger partial charge in [-0.2, -0.15) is 0 Å². The molecule has 0 saturated carbocycles. The lowest BCUT2D eigenvalue weighted by atomic mass is 10.4. The van der Waals surface area contributed by atoms with Crippen molar-refractivity contribution in [3.05, 3.63) is 23.3 Å². The van der Waals surface area contributed by atoms with Crippen LogP contribution in [-0.2, 0) is 75.8 Å². The van der Waals surface area contributed by atoms with Gasteiger partial charge < -0.3 is 127 Å². The van der Waals surface area contributed by atoms with Crippen LogP contribution in [0.1, 0.15) is 23.3 Å². The molecule has 3 aromatic heterocycles. The molecule has 0 fully saturated rings. The summed E-state index contributed by atoms with van der Waals surface area (Å²) in [6.07, 6.45) is 0. The van der Waals surface area contributed by atoms with Gasteiger partial charge in [-0.3, -0.25) is 0 Å². The number of hydrogen-bond acceptors (Lipinski definition) is 38. The van der Waals surface area contributed by atoms with E-state index in [2.05, 4.69) is 9.97 Å². The zero-order valence-electron chi connectivity index (χ0n) is 59.0. The highest BCUT2D eigenvalue weighted by atomic mass is 32.2. The van der Waals surface area contributed by atoms with Crippen molar-refractivity contribution in [3.8, 4) is 0 Å². The van der Waals surface area contributed by atoms with Crippen molar-refractivity contribution < 1.29 is 117 Å². The fraction of sp³-hybridized carbons (Fsp3) is 0.750. The first kappa shape index (κ1) is 92.8. The normalized spacial score (nSPS) is 12.6. The molecule has 0 radical (unpaired) electrons. The summed E-state index contributed by atoms with van der Waals surface area (Å²) in [4.78, 5) is 46.0. The maximum Gasteiger partial charge on any atom is 0.171 e. The Hall–Kier alpha value is -1.84. The Morgan fingerprint density at radius 3 is 0.519 bits per heavy atom. The van der Waals surface area contributed by atoms with Gasteiger partial charge in [-0.25, -0.2) is 29.9 Å². The second kappa shape index (κ2) is 63.8. The van der Waals surface area contributed by atoms with Crippen LogP contribution < -0.4 is 0 Å². The van der Waals surface area contributed by atoms with Gasteiger partial charge >= 0.3 is 0 Å². The molecule has 3 aromatic rings. The highest BCUT2D eigenvalue weighted by Gasteiger charge is 2.30. The minimum atomic E-state index is -0.104. The molecule has 0 atom stereocenters. The summed E-state index contributed by atoms with van der Waals surface area (Å²) >= 11 is 12.1. The van der Waals surface area contributed by atoms with Crippen molar-refractivity contribution in [2.24, 2.45) is 0 Å². The predicted molar refractivity (Wildman–Crippen MR) is 408 cm³/mol. The standard InChI is InChI=1S/C64H106N8O24S8/c73-1-9-81-17-25-89-33-41-97-49-50(98-42-34-90-26-18-82-10-2-74)58-65-57(49)69-59-51(99-43-35-91-27-19-83-11-3-75)52(100-44-36-92-28-20-84-12-4-76)61(66-59)71-63-55(103-47-39-95-31-23-87-15-7-79)56(104-48-40-96-32-24-88-16-8-80)64(68-63)72-62-54(102-46-38-94-30-22-86-14-6-78)53(60(67-62)70-58)101-45-37-93-29-21-85-13-5-77/h73-80H,1-48H2,(H2,65,66,67,68,69,70,71,72). The van der Waals surface area contributed by atoms with Crippen LogP contribution in [0.25, 0.3) is 42.2 Å². The monoisotopic (exact) mass is 1630 g/mol. The number of nitrogens with zero attached hydrogens (tertiary/aromatic N) is 6. The smallest absolute Gasteiger partial charge is 0.171 e. The Morgan fingerprint density at radius 2 is 0.337 bits per heavy atom. The zero-order valence-corrected chi connectivity index (χ0v) is 65.5. The molecule has 2 aliphatic rings. The molecule has 5 rings (SSSR count). The van der Waals surface area contributed by atoms with Gasteiger partial charge in [0, 0.05) is 46.0 Å². The number of thioether (sulfide) groups is 8. The Balaban J connectivity index is 1.88. The average Bonchev–Trinajstić information content (AvgIpc) is 1.62. The Labute approximate surface area is 641 Å². The summed E-state index contributed by atoms with van der Waals surface area (Å²) in [6, 6.07) is 0. The molecule has 0 saturated heterocycles. The Morgan fingerprint density at radius 1 is 0.183 bits per heavy atom. The summed E-state index contributed by atoms with van der Waals surface area (Å²) in [7, 11) is 0. The van der Waals surface area contributed by atoms with Gasteiger partial charge in [0.15, 0.2) is 23.3 Å². The minimum Gasteiger partial charge on any atom is -0.394 e. The fourth-order valence-electron chi connectivity index (χ4n) is 8.50. The van der Waals surface area contributed by atoms with Gasteiger partial charge in [-0.05, 0) is 0 Å². The molecule has 104 heavy (non-hydrogen) atoms. The van der Waals surface area contributed by atoms with Gasteiger partial charge in [-0.1, -0.05) is 0 Å². The first-order chi connectivity index (χ1) is 51.5. The van der Waals surface area contributed by atoms with Gasteiger partial charge in [-0.15, -0.1) is 94.1 Å². The number of rotatable bonds is 72. The van der Waals surface area contributed by atoms with E-state index in [0.717, 1.165) is 19.6 Å². The molecule has 32 nitrogen and oxygen atoms in total. The molecule has 0 amide bonds. The SMILES string of the molecule is OCCOCCOCCSC1=C(SCCOCCOCCO)c2nc1nc1nc(nc3[nH]c(nc4[nH]c(n2)c(SCCOCCOCCO)c4SCCOCCOCCO)c(SCCOCCOCCO)c3SCCOCCOCCO)C(SCCOCCOCCO)=C1SCCOCCOCCO. The minimum absolute atomic E-state index is 0.102. The largest absolute Gasteiger partial charge is 0.394 e. The van der Waals surface area contributed by atoms with Crippen LogP contribution >= 0.6 is 94.1 Å². The number of ether oxygens (including phenoxy) is 16. The second-order valence-electron chi connectivity index (χ2n) is 20.6. The van der Waals surface area contributed by atoms with Gasteiger partial charge in [0.05, 0.1) is 303 Å². The molecule has 594 valence electrons. The summed E-state index contributed by atoms with van der Waals surface area (Å²) in [6.45, 7) is 8.17. The van der Waals surface area contributed by atoms with E-state index >= 15 is 0 Å². The van der Waals surface area contributed by atoms with E-state index in [0.29, 0.717) is 270 Å². The molecule has 2 aliphatic heterocycles. The highest BCUT2D eigenvalue weighted by molar-refractivity contribution is 8.14. The van der Waals surface area contributed by atoms with Crippen molar-refractivity contribution in [1.29, 1.82) is 0 Å². The first-order valence-corrected chi connectivity index (χ1v) is 42.3. The molecule has 0 unspecified atom stereocenters. The molecular weight excluding hydrogens is 1520 g/mol. The number of aliphatic hydroxyl groups is 8. The van der Waals surface area contributed by atoms with Crippen LogP contribution in [0.15, 0.2) is 19.6 Å². The third-order valence-corrected chi connectivity index (χ3v) is 21.8. The predicted octanol–water partition coefficient (Wildman–Crippen LogP) is 3.05. The van der Waals surface area contributed by atoms with Crippen molar-refractivity contribution in [2.75, 3.05) is 310 Å². The topological polar surface area (TPSA) is 418 Å². The van der Waals surface area contributed by atoms with Crippen LogP contribution in [0.2, 0.25) is 0 Å². The lowest BCUT2D eigenvalue weighted by Gasteiger charge is -2.10. The van der Waals surface area contributed by atoms with Crippen LogP contribution in [0, 0.1) is 0 Å². The van der Waals surface area contributed by atoms with Crippen LogP contribution in [-0.4, -0.2) is 391 Å². The Kier molecular flexibility index (Phi) is 56.9. The number of hydrogen-bond donors (Lipinski definition) is 10. The zero-order chi connectivity index (χ0) is 73.8. The lowest BCUT2D eigenvalue weighted by Crippen LogP contribution is -2.09. The molecule has 10 N–H and O–H groups in total. The average molecular weight is 1630 g/mol. The third kappa shape index (κ3) is 39.4. The van der Waals surface area contributed by atoms with Crippen molar-refractivity contribution in [2.45, 2.75) is 19.6 Å². The highest BCUT2D eigenvalue weighted by Crippen LogP contribution is 2.47. The van der Waals surface area contributed by atoms with E-state index in [9.17, 15) is 40.9 Å². The van der Waals surface area contributed by atoms with E-state index in [1.165, 1.54) is 94.1 Å². The summed E-state index contributed by atoms with van der Waals surface area (Å²) < 4.78 is 92.5. The fourth-order valence-corrected chi connectivity index (χ4v) is 16.8. The molecule has 0 aromatic carbocycles. The van der Waals surface area contributed by atoms with Crippen molar-refractivity contribution in [1.82, 2.24) is 39.9 Å². The number of aromatic amines is 2. The van der Waals surface area contributed by atoms with Gasteiger partial charge in [0.1, 0.15) is 22.6 Å². The molecule has 40 heteroatoms. The van der Waals surface area contributed by atoms with E-state index in [-0.39, 0.29) is 106 Å². The quantitative estimate of drug-likeness (QED) is 0.0287. The van der Waals surface area contributed by atoms with Crippen LogP contribution in [0.5, 0.6) is 0 Å². The maximum absolute atomic E-state index is 9.33. The number of aliphatic hydroxyl groups excluding tert-OH is 8. The number of H-pyrrole nitrogens is 2. The van der Waals surface area contributed by atoms with Crippen molar-refractivity contribution in [3.63, 3.8) is 0 Å². The summed E-state index contributed by atoms with van der Waals surface area (Å²) in [5.41, 5.74) is 1.83. The number of fused-ring (bicyclic) bond motifs is 8. The van der Waals surface area contributed by atoms with Crippen LogP contribution in [0.4, 0.5) is 0 Å². The third-order valence-electron chi connectivity index (χ3n) is 12.9. The first-order valence-electron chi connectivity index (χ1n) is 34.4. The Bertz CT molecular complexity index is 2740. The lowest BCUT2D eigenvalue weighted by molar-refractivity contribution is 0.0377. The number of nitrogens with one attached hydrogen (secondary N) is 2. The van der Waals surface area contributed by atoms with Gasteiger partial charge in [0.25, 0.3) is 0 Å².